The third-order valence-corrected chi connectivity index (χ3v) is 3.92. The Morgan fingerprint density at radius 1 is 1.20 bits per heavy atom. The topological polar surface area (TPSA) is 70.2 Å². The second-order valence-electron chi connectivity index (χ2n) is 5.36. The van der Waals surface area contributed by atoms with Crippen molar-refractivity contribution in [2.24, 2.45) is 0 Å². The van der Waals surface area contributed by atoms with Crippen LogP contribution in [0, 0.1) is 0 Å². The monoisotopic (exact) mass is 273 g/mol. The van der Waals surface area contributed by atoms with E-state index in [9.17, 15) is 9.59 Å². The standard InChI is InChI=1S/C15H19N3O2/c19-14(18-13-3-1-2-7-17-15(13)20)11-4-5-12-10(9-11)6-8-16-12/h4-5,9,13,16H,1-3,6-8H2,(H,17,20)(H,18,19). The van der Waals surface area contributed by atoms with Crippen LogP contribution in [0.4, 0.5) is 5.69 Å². The van der Waals surface area contributed by atoms with Crippen LogP contribution in [0.15, 0.2) is 18.2 Å². The Kier molecular flexibility index (Phi) is 3.58. The Balaban J connectivity index is 1.71. The van der Waals surface area contributed by atoms with E-state index in [1.54, 1.807) is 6.07 Å². The largest absolute Gasteiger partial charge is 0.384 e. The number of carbonyl (C=O) groups is 2. The second kappa shape index (κ2) is 5.53. The van der Waals surface area contributed by atoms with E-state index in [4.69, 9.17) is 0 Å². The van der Waals surface area contributed by atoms with Crippen LogP contribution < -0.4 is 16.0 Å². The Labute approximate surface area is 118 Å². The molecule has 20 heavy (non-hydrogen) atoms. The van der Waals surface area contributed by atoms with E-state index in [-0.39, 0.29) is 11.8 Å². The third kappa shape index (κ3) is 2.61. The van der Waals surface area contributed by atoms with Crippen LogP contribution >= 0.6 is 0 Å². The van der Waals surface area contributed by atoms with Gasteiger partial charge in [-0.05, 0) is 49.4 Å². The highest BCUT2D eigenvalue weighted by Crippen LogP contribution is 2.23. The molecule has 5 nitrogen and oxygen atoms in total. The molecule has 0 aliphatic carbocycles. The van der Waals surface area contributed by atoms with Crippen molar-refractivity contribution in [3.05, 3.63) is 29.3 Å². The summed E-state index contributed by atoms with van der Waals surface area (Å²) >= 11 is 0. The van der Waals surface area contributed by atoms with Gasteiger partial charge in [0, 0.05) is 24.3 Å². The number of hydrogen-bond acceptors (Lipinski definition) is 3. The first-order valence-corrected chi connectivity index (χ1v) is 7.19. The smallest absolute Gasteiger partial charge is 0.251 e. The van der Waals surface area contributed by atoms with Gasteiger partial charge in [-0.1, -0.05) is 0 Å². The Hall–Kier alpha value is -2.04. The van der Waals surface area contributed by atoms with Crippen molar-refractivity contribution < 1.29 is 9.59 Å². The fourth-order valence-corrected chi connectivity index (χ4v) is 2.76. The molecule has 2 aliphatic rings. The average molecular weight is 273 g/mol. The van der Waals surface area contributed by atoms with Gasteiger partial charge < -0.3 is 16.0 Å². The van der Waals surface area contributed by atoms with Gasteiger partial charge in [-0.2, -0.15) is 0 Å². The Morgan fingerprint density at radius 3 is 3.00 bits per heavy atom. The number of carbonyl (C=O) groups excluding carboxylic acids is 2. The molecular weight excluding hydrogens is 254 g/mol. The van der Waals surface area contributed by atoms with Crippen LogP contribution in [0.3, 0.4) is 0 Å². The lowest BCUT2D eigenvalue weighted by atomic mass is 10.1. The van der Waals surface area contributed by atoms with Gasteiger partial charge >= 0.3 is 0 Å². The quantitative estimate of drug-likeness (QED) is 0.754. The lowest BCUT2D eigenvalue weighted by Crippen LogP contribution is -2.45. The lowest BCUT2D eigenvalue weighted by Gasteiger charge is -2.15. The van der Waals surface area contributed by atoms with Crippen molar-refractivity contribution in [3.8, 4) is 0 Å². The predicted octanol–water partition coefficient (Wildman–Crippen LogP) is 1.05. The number of benzene rings is 1. The number of hydrogen-bond donors (Lipinski definition) is 3. The maximum absolute atomic E-state index is 12.3. The zero-order chi connectivity index (χ0) is 13.9. The van der Waals surface area contributed by atoms with E-state index >= 15 is 0 Å². The molecule has 106 valence electrons. The van der Waals surface area contributed by atoms with E-state index < -0.39 is 6.04 Å². The van der Waals surface area contributed by atoms with Crippen LogP contribution in [0.1, 0.15) is 35.2 Å². The molecule has 1 atom stereocenters. The zero-order valence-electron chi connectivity index (χ0n) is 11.4. The summed E-state index contributed by atoms with van der Waals surface area (Å²) in [5.41, 5.74) is 2.90. The Morgan fingerprint density at radius 2 is 2.10 bits per heavy atom. The molecule has 0 saturated carbocycles. The molecule has 3 N–H and O–H groups in total. The van der Waals surface area contributed by atoms with Crippen LogP contribution in [0.25, 0.3) is 0 Å². The van der Waals surface area contributed by atoms with Crippen molar-refractivity contribution in [1.29, 1.82) is 0 Å². The van der Waals surface area contributed by atoms with E-state index in [1.165, 1.54) is 5.56 Å². The number of amides is 2. The normalized spacial score (nSPS) is 21.4. The number of fused-ring (bicyclic) bond motifs is 1. The molecule has 0 radical (unpaired) electrons. The highest BCUT2D eigenvalue weighted by molar-refractivity contribution is 5.98. The molecule has 1 unspecified atom stereocenters. The molecule has 3 rings (SSSR count). The highest BCUT2D eigenvalue weighted by atomic mass is 16.2. The minimum absolute atomic E-state index is 0.0707. The van der Waals surface area contributed by atoms with E-state index in [2.05, 4.69) is 16.0 Å². The summed E-state index contributed by atoms with van der Waals surface area (Å²) in [5.74, 6) is -0.236. The SMILES string of the molecule is O=C(NC1CCCCNC1=O)c1ccc2c(c1)CCN2. The second-order valence-corrected chi connectivity index (χ2v) is 5.36. The fraction of sp³-hybridized carbons (Fsp3) is 0.467. The first kappa shape index (κ1) is 13.0. The van der Waals surface area contributed by atoms with Gasteiger partial charge in [-0.3, -0.25) is 9.59 Å². The molecule has 1 aromatic rings. The van der Waals surface area contributed by atoms with Crippen LogP contribution in [-0.4, -0.2) is 30.9 Å². The molecule has 2 heterocycles. The molecule has 1 aromatic carbocycles. The van der Waals surface area contributed by atoms with Crippen LogP contribution in [0.5, 0.6) is 0 Å². The van der Waals surface area contributed by atoms with Crippen LogP contribution in [0.2, 0.25) is 0 Å². The molecule has 1 fully saturated rings. The van der Waals surface area contributed by atoms with Crippen molar-refractivity contribution in [3.63, 3.8) is 0 Å². The van der Waals surface area contributed by atoms with Gasteiger partial charge in [0.1, 0.15) is 6.04 Å². The molecule has 5 heteroatoms. The molecule has 1 saturated heterocycles. The van der Waals surface area contributed by atoms with Gasteiger partial charge in [-0.25, -0.2) is 0 Å². The van der Waals surface area contributed by atoms with Gasteiger partial charge in [0.2, 0.25) is 5.91 Å². The number of nitrogens with one attached hydrogen (secondary N) is 3. The van der Waals surface area contributed by atoms with Crippen molar-refractivity contribution >= 4 is 17.5 Å². The van der Waals surface area contributed by atoms with E-state index in [0.29, 0.717) is 18.5 Å². The van der Waals surface area contributed by atoms with Crippen molar-refractivity contribution in [2.75, 3.05) is 18.4 Å². The minimum Gasteiger partial charge on any atom is -0.384 e. The zero-order valence-corrected chi connectivity index (χ0v) is 11.4. The van der Waals surface area contributed by atoms with Gasteiger partial charge in [0.25, 0.3) is 5.91 Å². The molecule has 0 bridgehead atoms. The van der Waals surface area contributed by atoms with E-state index in [0.717, 1.165) is 31.5 Å². The summed E-state index contributed by atoms with van der Waals surface area (Å²) in [4.78, 5) is 24.1. The van der Waals surface area contributed by atoms with Gasteiger partial charge in [0.15, 0.2) is 0 Å². The first-order valence-electron chi connectivity index (χ1n) is 7.19. The van der Waals surface area contributed by atoms with Gasteiger partial charge in [0.05, 0.1) is 0 Å². The van der Waals surface area contributed by atoms with Crippen molar-refractivity contribution in [2.45, 2.75) is 31.7 Å². The minimum atomic E-state index is -0.406. The molecule has 2 aliphatic heterocycles. The summed E-state index contributed by atoms with van der Waals surface area (Å²) in [5, 5.41) is 8.94. The highest BCUT2D eigenvalue weighted by Gasteiger charge is 2.23. The maximum Gasteiger partial charge on any atom is 0.251 e. The predicted molar refractivity (Wildman–Crippen MR) is 76.8 cm³/mol. The van der Waals surface area contributed by atoms with Crippen LogP contribution in [-0.2, 0) is 11.2 Å². The summed E-state index contributed by atoms with van der Waals surface area (Å²) in [6.07, 6.45) is 3.59. The maximum atomic E-state index is 12.3. The summed E-state index contributed by atoms with van der Waals surface area (Å²) in [6, 6.07) is 5.25. The molecule has 0 aromatic heterocycles. The summed E-state index contributed by atoms with van der Waals surface area (Å²) in [7, 11) is 0. The van der Waals surface area contributed by atoms with Crippen molar-refractivity contribution in [1.82, 2.24) is 10.6 Å². The van der Waals surface area contributed by atoms with E-state index in [1.807, 2.05) is 12.1 Å². The summed E-state index contributed by atoms with van der Waals surface area (Å²) in [6.45, 7) is 1.63. The molecule has 0 spiro atoms. The number of anilines is 1. The number of rotatable bonds is 2. The third-order valence-electron chi connectivity index (χ3n) is 3.92. The van der Waals surface area contributed by atoms with Gasteiger partial charge in [-0.15, -0.1) is 0 Å². The Bertz CT molecular complexity index is 542. The fourth-order valence-electron chi connectivity index (χ4n) is 2.76. The molecule has 2 amide bonds. The summed E-state index contributed by atoms with van der Waals surface area (Å²) < 4.78 is 0. The molecular formula is C15H19N3O2. The first-order chi connectivity index (χ1) is 9.74. The average Bonchev–Trinajstić information content (AvgIpc) is 2.83. The lowest BCUT2D eigenvalue weighted by molar-refractivity contribution is -0.122.